The smallest absolute Gasteiger partial charge is 0.107 e. The van der Waals surface area contributed by atoms with Gasteiger partial charge >= 0.3 is 0 Å². The van der Waals surface area contributed by atoms with Crippen LogP contribution in [-0.4, -0.2) is 23.2 Å². The zero-order valence-corrected chi connectivity index (χ0v) is 11.9. The van der Waals surface area contributed by atoms with Crippen LogP contribution in [-0.2, 0) is 6.54 Å². The third-order valence-corrected chi connectivity index (χ3v) is 4.09. The molecule has 0 amide bonds. The lowest BCUT2D eigenvalue weighted by Crippen LogP contribution is -2.23. The van der Waals surface area contributed by atoms with Crippen molar-refractivity contribution in [2.75, 3.05) is 13.2 Å². The first-order valence-corrected chi connectivity index (χ1v) is 7.23. The van der Waals surface area contributed by atoms with Gasteiger partial charge in [-0.25, -0.2) is 4.98 Å². The first kappa shape index (κ1) is 14.6. The second-order valence-corrected chi connectivity index (χ2v) is 5.83. The maximum absolute atomic E-state index is 8.98. The van der Waals surface area contributed by atoms with Gasteiger partial charge in [0.2, 0.25) is 0 Å². The molecule has 1 unspecified atom stereocenters. The third-order valence-electron chi connectivity index (χ3n) is 3.02. The van der Waals surface area contributed by atoms with E-state index in [2.05, 4.69) is 31.1 Å². The number of aliphatic hydroxyl groups excluding tert-OH is 1. The molecule has 0 aliphatic heterocycles. The number of thiazole rings is 1. The molecule has 1 atom stereocenters. The summed E-state index contributed by atoms with van der Waals surface area (Å²) in [7, 11) is 0. The van der Waals surface area contributed by atoms with Gasteiger partial charge in [0, 0.05) is 18.0 Å². The maximum atomic E-state index is 8.98. The molecule has 3 nitrogen and oxygen atoms in total. The van der Waals surface area contributed by atoms with Crippen LogP contribution in [0.15, 0.2) is 0 Å². The van der Waals surface area contributed by atoms with Crippen LogP contribution >= 0.6 is 11.3 Å². The topological polar surface area (TPSA) is 45.1 Å². The van der Waals surface area contributed by atoms with E-state index in [1.807, 2.05) is 0 Å². The number of aromatic nitrogens is 1. The average Bonchev–Trinajstić information content (AvgIpc) is 2.59. The summed E-state index contributed by atoms with van der Waals surface area (Å²) >= 11 is 1.77. The molecule has 2 N–H and O–H groups in total. The largest absolute Gasteiger partial charge is 0.396 e. The molecular formula is C13H24N2OS. The van der Waals surface area contributed by atoms with E-state index in [1.165, 1.54) is 22.7 Å². The van der Waals surface area contributed by atoms with E-state index in [9.17, 15) is 0 Å². The van der Waals surface area contributed by atoms with Crippen LogP contribution in [0.1, 0.15) is 41.8 Å². The fourth-order valence-electron chi connectivity index (χ4n) is 1.94. The summed E-state index contributed by atoms with van der Waals surface area (Å²) < 4.78 is 0. The van der Waals surface area contributed by atoms with Crippen LogP contribution < -0.4 is 5.32 Å². The Hall–Kier alpha value is -0.450. The molecule has 1 aromatic heterocycles. The van der Waals surface area contributed by atoms with Gasteiger partial charge in [-0.05, 0) is 39.2 Å². The Morgan fingerprint density at radius 1 is 1.35 bits per heavy atom. The van der Waals surface area contributed by atoms with Crippen LogP contribution in [0.25, 0.3) is 0 Å². The first-order chi connectivity index (χ1) is 8.17. The minimum Gasteiger partial charge on any atom is -0.396 e. The van der Waals surface area contributed by atoms with Crippen molar-refractivity contribution in [1.82, 2.24) is 10.3 Å². The highest BCUT2D eigenvalue weighted by Crippen LogP contribution is 2.16. The number of aryl methyl sites for hydroxylation is 2. The lowest BCUT2D eigenvalue weighted by Gasteiger charge is -2.14. The second-order valence-electron chi connectivity index (χ2n) is 4.55. The van der Waals surface area contributed by atoms with Crippen molar-refractivity contribution in [2.45, 2.75) is 46.6 Å². The summed E-state index contributed by atoms with van der Waals surface area (Å²) in [5.41, 5.74) is 1.15. The molecule has 1 rings (SSSR count). The number of nitrogens with zero attached hydrogens (tertiary/aromatic N) is 1. The van der Waals surface area contributed by atoms with E-state index in [0.717, 1.165) is 25.2 Å². The quantitative estimate of drug-likeness (QED) is 0.751. The van der Waals surface area contributed by atoms with Gasteiger partial charge in [0.05, 0.1) is 5.69 Å². The highest BCUT2D eigenvalue weighted by molar-refractivity contribution is 7.11. The molecule has 0 bridgehead atoms. The highest BCUT2D eigenvalue weighted by atomic mass is 32.1. The number of nitrogens with one attached hydrogen (secondary N) is 1. The molecule has 0 spiro atoms. The fraction of sp³-hybridized carbons (Fsp3) is 0.769. The zero-order valence-electron chi connectivity index (χ0n) is 11.1. The zero-order chi connectivity index (χ0) is 12.7. The third kappa shape index (κ3) is 5.15. The fourth-order valence-corrected chi connectivity index (χ4v) is 2.84. The minimum absolute atomic E-state index is 0.293. The molecule has 0 aromatic carbocycles. The molecule has 0 fully saturated rings. The lowest BCUT2D eigenvalue weighted by atomic mass is 10.0. The van der Waals surface area contributed by atoms with Gasteiger partial charge in [-0.2, -0.15) is 0 Å². The summed E-state index contributed by atoms with van der Waals surface area (Å²) in [5, 5.41) is 13.6. The Morgan fingerprint density at radius 3 is 2.65 bits per heavy atom. The van der Waals surface area contributed by atoms with E-state index in [0.29, 0.717) is 12.5 Å². The Kier molecular flexibility index (Phi) is 6.70. The van der Waals surface area contributed by atoms with Crippen molar-refractivity contribution in [3.05, 3.63) is 15.6 Å². The van der Waals surface area contributed by atoms with Gasteiger partial charge in [0.15, 0.2) is 0 Å². The van der Waals surface area contributed by atoms with Gasteiger partial charge in [-0.15, -0.1) is 11.3 Å². The van der Waals surface area contributed by atoms with Crippen LogP contribution in [0.4, 0.5) is 0 Å². The molecule has 4 heteroatoms. The SMILES string of the molecule is CCCC(CCO)CNCc1nc(C)c(C)s1. The summed E-state index contributed by atoms with van der Waals surface area (Å²) in [5.74, 6) is 0.590. The van der Waals surface area contributed by atoms with E-state index in [1.54, 1.807) is 11.3 Å². The number of hydrogen-bond acceptors (Lipinski definition) is 4. The minimum atomic E-state index is 0.293. The summed E-state index contributed by atoms with van der Waals surface area (Å²) in [6.07, 6.45) is 3.27. The monoisotopic (exact) mass is 256 g/mol. The van der Waals surface area contributed by atoms with Crippen molar-refractivity contribution < 1.29 is 5.11 Å². The molecule has 0 aliphatic rings. The van der Waals surface area contributed by atoms with Crippen LogP contribution in [0.2, 0.25) is 0 Å². The number of hydrogen-bond donors (Lipinski definition) is 2. The average molecular weight is 256 g/mol. The number of rotatable bonds is 8. The molecular weight excluding hydrogens is 232 g/mol. The summed E-state index contributed by atoms with van der Waals surface area (Å²) in [6.45, 7) is 8.49. The van der Waals surface area contributed by atoms with Crippen LogP contribution in [0.5, 0.6) is 0 Å². The van der Waals surface area contributed by atoms with Crippen molar-refractivity contribution >= 4 is 11.3 Å². The predicted molar refractivity (Wildman–Crippen MR) is 73.4 cm³/mol. The molecule has 98 valence electrons. The Morgan fingerprint density at radius 2 is 2.12 bits per heavy atom. The van der Waals surface area contributed by atoms with Crippen LogP contribution in [0, 0.1) is 19.8 Å². The molecule has 0 radical (unpaired) electrons. The summed E-state index contributed by atoms with van der Waals surface area (Å²) in [4.78, 5) is 5.81. The standard InChI is InChI=1S/C13H24N2OS/c1-4-5-12(6-7-16)8-14-9-13-15-10(2)11(3)17-13/h12,14,16H,4-9H2,1-3H3. The summed E-state index contributed by atoms with van der Waals surface area (Å²) in [6, 6.07) is 0. The van der Waals surface area contributed by atoms with Crippen LogP contribution in [0.3, 0.4) is 0 Å². The van der Waals surface area contributed by atoms with Crippen molar-refractivity contribution in [3.8, 4) is 0 Å². The van der Waals surface area contributed by atoms with Crippen molar-refractivity contribution in [2.24, 2.45) is 5.92 Å². The van der Waals surface area contributed by atoms with E-state index in [-0.39, 0.29) is 0 Å². The lowest BCUT2D eigenvalue weighted by molar-refractivity contribution is 0.248. The normalized spacial score (nSPS) is 12.9. The number of aliphatic hydroxyl groups is 1. The van der Waals surface area contributed by atoms with Gasteiger partial charge in [0.1, 0.15) is 5.01 Å². The Bertz CT molecular complexity index is 300. The highest BCUT2D eigenvalue weighted by Gasteiger charge is 2.08. The molecule has 17 heavy (non-hydrogen) atoms. The van der Waals surface area contributed by atoms with E-state index in [4.69, 9.17) is 5.11 Å². The molecule has 0 saturated heterocycles. The van der Waals surface area contributed by atoms with E-state index < -0.39 is 0 Å². The van der Waals surface area contributed by atoms with Gasteiger partial charge in [-0.3, -0.25) is 0 Å². The first-order valence-electron chi connectivity index (χ1n) is 6.41. The second kappa shape index (κ2) is 7.80. The Labute approximate surface area is 108 Å². The van der Waals surface area contributed by atoms with E-state index >= 15 is 0 Å². The molecule has 0 aliphatic carbocycles. The predicted octanol–water partition coefficient (Wildman–Crippen LogP) is 2.65. The van der Waals surface area contributed by atoms with Crippen molar-refractivity contribution in [1.29, 1.82) is 0 Å². The maximum Gasteiger partial charge on any atom is 0.107 e. The molecule has 1 heterocycles. The molecule has 1 aromatic rings. The van der Waals surface area contributed by atoms with Gasteiger partial charge in [0.25, 0.3) is 0 Å². The molecule has 0 saturated carbocycles. The van der Waals surface area contributed by atoms with Gasteiger partial charge < -0.3 is 10.4 Å². The van der Waals surface area contributed by atoms with Gasteiger partial charge in [-0.1, -0.05) is 13.3 Å². The Balaban J connectivity index is 2.30. The van der Waals surface area contributed by atoms with Crippen molar-refractivity contribution in [3.63, 3.8) is 0 Å².